The third-order valence-electron chi connectivity index (χ3n) is 4.62. The molecule has 1 aromatic rings. The van der Waals surface area contributed by atoms with Gasteiger partial charge < -0.3 is 31.8 Å². The van der Waals surface area contributed by atoms with Crippen LogP contribution in [-0.4, -0.2) is 80.7 Å². The van der Waals surface area contributed by atoms with E-state index in [2.05, 4.69) is 38.5 Å². The van der Waals surface area contributed by atoms with Crippen molar-refractivity contribution < 1.29 is 24.3 Å². The number of carboxylic acids is 1. The van der Waals surface area contributed by atoms with Crippen LogP contribution in [0, 0.1) is 5.92 Å². The molecule has 11 nitrogen and oxygen atoms in total. The first kappa shape index (κ1) is 27.8. The molecule has 4 unspecified atom stereocenters. The fraction of sp³-hybridized carbons (Fsp3) is 0.632. The van der Waals surface area contributed by atoms with Crippen molar-refractivity contribution in [1.82, 2.24) is 25.9 Å². The molecule has 3 amide bonds. The number of H-pyrrole nitrogens is 1. The van der Waals surface area contributed by atoms with Gasteiger partial charge in [-0.25, -0.2) is 9.78 Å². The summed E-state index contributed by atoms with van der Waals surface area (Å²) < 4.78 is 0. The maximum Gasteiger partial charge on any atom is 0.326 e. The lowest BCUT2D eigenvalue weighted by Crippen LogP contribution is -2.58. The third-order valence-corrected chi connectivity index (χ3v) is 5.63. The Bertz CT molecular complexity index is 761. The van der Waals surface area contributed by atoms with Crippen LogP contribution in [0.4, 0.5) is 0 Å². The number of carbonyl (C=O) groups is 4. The number of carboxylic acid groups (broad SMARTS) is 1. The van der Waals surface area contributed by atoms with Crippen LogP contribution in [0.15, 0.2) is 12.5 Å². The molecule has 32 heavy (non-hydrogen) atoms. The van der Waals surface area contributed by atoms with Gasteiger partial charge >= 0.3 is 5.97 Å². The molecule has 0 spiro atoms. The van der Waals surface area contributed by atoms with Crippen molar-refractivity contribution in [2.75, 3.05) is 17.8 Å². The summed E-state index contributed by atoms with van der Waals surface area (Å²) in [6.07, 6.45) is 5.44. The van der Waals surface area contributed by atoms with Crippen molar-refractivity contribution in [3.8, 4) is 0 Å². The molecule has 0 radical (unpaired) electrons. The first-order valence-electron chi connectivity index (χ1n) is 10.1. The van der Waals surface area contributed by atoms with Gasteiger partial charge in [0.2, 0.25) is 17.7 Å². The minimum atomic E-state index is -1.17. The molecule has 0 aliphatic heterocycles. The summed E-state index contributed by atoms with van der Waals surface area (Å²) >= 11 is 5.60. The standard InChI is InChI=1S/C19H32N6O5S2/c1-10(2)15(19(29)30)25-18(28)14(8-31)24-17(27)13(4-5-32-3)23-16(26)12(20)6-11-7-21-9-22-11/h7,9-10,12-15,31H,4-6,8,20H2,1-3H3,(H,21,22)(H,23,26)(H,24,27)(H,25,28)(H,29,30). The number of amides is 3. The van der Waals surface area contributed by atoms with Crippen LogP contribution in [0.25, 0.3) is 0 Å². The molecule has 0 aliphatic carbocycles. The summed E-state index contributed by atoms with van der Waals surface area (Å²) in [5.74, 6) is -2.75. The number of nitrogens with zero attached hydrogens (tertiary/aromatic N) is 1. The molecule has 1 rings (SSSR count). The quantitative estimate of drug-likeness (QED) is 0.166. The van der Waals surface area contributed by atoms with Crippen molar-refractivity contribution in [3.63, 3.8) is 0 Å². The van der Waals surface area contributed by atoms with Gasteiger partial charge in [0.15, 0.2) is 0 Å². The average molecular weight is 489 g/mol. The monoisotopic (exact) mass is 488 g/mol. The van der Waals surface area contributed by atoms with E-state index in [4.69, 9.17) is 5.73 Å². The molecular weight excluding hydrogens is 456 g/mol. The summed E-state index contributed by atoms with van der Waals surface area (Å²) in [5, 5.41) is 16.9. The van der Waals surface area contributed by atoms with Crippen LogP contribution >= 0.6 is 24.4 Å². The van der Waals surface area contributed by atoms with Gasteiger partial charge in [-0.2, -0.15) is 24.4 Å². The summed E-state index contributed by atoms with van der Waals surface area (Å²) in [7, 11) is 0. The second kappa shape index (κ2) is 14.0. The van der Waals surface area contributed by atoms with Gasteiger partial charge in [0.05, 0.1) is 12.4 Å². The Labute approximate surface area is 196 Å². The number of imidazole rings is 1. The normalized spacial score (nSPS) is 14.8. The van der Waals surface area contributed by atoms with E-state index < -0.39 is 47.9 Å². The third kappa shape index (κ3) is 9.09. The number of aliphatic carboxylic acids is 1. The van der Waals surface area contributed by atoms with Crippen LogP contribution in [0.5, 0.6) is 0 Å². The highest BCUT2D eigenvalue weighted by Gasteiger charge is 2.30. The first-order chi connectivity index (χ1) is 15.1. The van der Waals surface area contributed by atoms with E-state index in [0.717, 1.165) is 0 Å². The highest BCUT2D eigenvalue weighted by Crippen LogP contribution is 2.06. The number of rotatable bonds is 14. The molecule has 0 saturated carbocycles. The predicted molar refractivity (Wildman–Crippen MR) is 125 cm³/mol. The average Bonchev–Trinajstić information content (AvgIpc) is 3.24. The van der Waals surface area contributed by atoms with Gasteiger partial charge in [0.25, 0.3) is 0 Å². The van der Waals surface area contributed by atoms with Gasteiger partial charge in [-0.15, -0.1) is 0 Å². The van der Waals surface area contributed by atoms with Crippen molar-refractivity contribution in [1.29, 1.82) is 0 Å². The van der Waals surface area contributed by atoms with Crippen LogP contribution in [0.1, 0.15) is 26.0 Å². The van der Waals surface area contributed by atoms with Crippen LogP contribution in [0.2, 0.25) is 0 Å². The molecule has 13 heteroatoms. The molecule has 0 aliphatic rings. The number of nitrogens with one attached hydrogen (secondary N) is 4. The van der Waals surface area contributed by atoms with Crippen molar-refractivity contribution in [3.05, 3.63) is 18.2 Å². The SMILES string of the molecule is CSCCC(NC(=O)C(N)Cc1cnc[nH]1)C(=O)NC(CS)C(=O)NC(C(=O)O)C(C)C. The summed E-state index contributed by atoms with van der Waals surface area (Å²) in [4.78, 5) is 55.9. The number of carbonyl (C=O) groups excluding carboxylic acids is 3. The summed E-state index contributed by atoms with van der Waals surface area (Å²) in [6, 6.07) is -3.99. The Morgan fingerprint density at radius 2 is 1.78 bits per heavy atom. The zero-order chi connectivity index (χ0) is 24.3. The van der Waals surface area contributed by atoms with Gasteiger partial charge in [-0.3, -0.25) is 14.4 Å². The molecule has 0 saturated heterocycles. The second-order valence-corrected chi connectivity index (χ2v) is 8.89. The minimum Gasteiger partial charge on any atom is -0.480 e. The largest absolute Gasteiger partial charge is 0.480 e. The molecule has 1 aromatic heterocycles. The van der Waals surface area contributed by atoms with Crippen molar-refractivity contribution >= 4 is 48.1 Å². The first-order valence-corrected chi connectivity index (χ1v) is 12.1. The molecule has 4 atom stereocenters. The fourth-order valence-electron chi connectivity index (χ4n) is 2.74. The molecule has 0 fully saturated rings. The van der Waals surface area contributed by atoms with Crippen LogP contribution in [0.3, 0.4) is 0 Å². The van der Waals surface area contributed by atoms with Crippen LogP contribution < -0.4 is 21.7 Å². The molecule has 1 heterocycles. The minimum absolute atomic E-state index is 0.0511. The zero-order valence-electron chi connectivity index (χ0n) is 18.3. The van der Waals surface area contributed by atoms with Gasteiger partial charge in [0, 0.05) is 24.1 Å². The Balaban J connectivity index is 2.80. The van der Waals surface area contributed by atoms with Crippen molar-refractivity contribution in [2.45, 2.75) is 50.9 Å². The Morgan fingerprint density at radius 1 is 1.16 bits per heavy atom. The highest BCUT2D eigenvalue weighted by molar-refractivity contribution is 7.98. The zero-order valence-corrected chi connectivity index (χ0v) is 20.0. The molecular formula is C19H32N6O5S2. The number of thioether (sulfide) groups is 1. The number of hydrogen-bond donors (Lipinski definition) is 7. The number of nitrogens with two attached hydrogens (primary N) is 1. The smallest absolute Gasteiger partial charge is 0.326 e. The summed E-state index contributed by atoms with van der Waals surface area (Å²) in [5.41, 5.74) is 6.63. The Morgan fingerprint density at radius 3 is 2.28 bits per heavy atom. The second-order valence-electron chi connectivity index (χ2n) is 7.54. The number of aromatic nitrogens is 2. The Kier molecular flexibility index (Phi) is 12.2. The maximum atomic E-state index is 12.8. The number of hydrogen-bond acceptors (Lipinski definition) is 8. The van der Waals surface area contributed by atoms with Gasteiger partial charge in [-0.05, 0) is 24.3 Å². The van der Waals surface area contributed by atoms with E-state index in [1.165, 1.54) is 18.1 Å². The van der Waals surface area contributed by atoms with Crippen molar-refractivity contribution in [2.24, 2.45) is 11.7 Å². The van der Waals surface area contributed by atoms with Gasteiger partial charge in [0.1, 0.15) is 18.1 Å². The van der Waals surface area contributed by atoms with E-state index in [-0.39, 0.29) is 18.1 Å². The number of aromatic amines is 1. The van der Waals surface area contributed by atoms with Gasteiger partial charge in [-0.1, -0.05) is 13.8 Å². The van der Waals surface area contributed by atoms with E-state index in [0.29, 0.717) is 17.9 Å². The highest BCUT2D eigenvalue weighted by atomic mass is 32.2. The molecule has 180 valence electrons. The van der Waals surface area contributed by atoms with E-state index >= 15 is 0 Å². The molecule has 0 bridgehead atoms. The predicted octanol–water partition coefficient (Wildman–Crippen LogP) is -0.843. The summed E-state index contributed by atoms with van der Waals surface area (Å²) in [6.45, 7) is 3.32. The topological polar surface area (TPSA) is 179 Å². The van der Waals surface area contributed by atoms with E-state index in [1.807, 2.05) is 6.26 Å². The number of thiol groups is 1. The lowest BCUT2D eigenvalue weighted by molar-refractivity contribution is -0.143. The van der Waals surface area contributed by atoms with Crippen LogP contribution in [-0.2, 0) is 25.6 Å². The van der Waals surface area contributed by atoms with E-state index in [1.54, 1.807) is 20.0 Å². The molecule has 0 aromatic carbocycles. The van der Waals surface area contributed by atoms with E-state index in [9.17, 15) is 24.3 Å². The lowest BCUT2D eigenvalue weighted by Gasteiger charge is -2.25. The maximum absolute atomic E-state index is 12.8. The fourth-order valence-corrected chi connectivity index (χ4v) is 3.47. The lowest BCUT2D eigenvalue weighted by atomic mass is 10.0. The molecule has 7 N–H and O–H groups in total. The Hall–Kier alpha value is -2.25.